The molecule has 3 heteroatoms. The fraction of sp³-hybridized carbons (Fsp3) is 0.231. The Bertz CT molecular complexity index is 444. The monoisotopic (exact) mass is 213 g/mol. The van der Waals surface area contributed by atoms with Crippen LogP contribution in [0.5, 0.6) is 0 Å². The van der Waals surface area contributed by atoms with Crippen molar-refractivity contribution in [2.45, 2.75) is 13.3 Å². The largest absolute Gasteiger partial charge is 0.373 e. The van der Waals surface area contributed by atoms with Gasteiger partial charge in [0.25, 0.3) is 0 Å². The number of anilines is 1. The molecular formula is C13H15N3. The van der Waals surface area contributed by atoms with Crippen LogP contribution in [0.4, 0.5) is 5.82 Å². The van der Waals surface area contributed by atoms with Gasteiger partial charge in [-0.2, -0.15) is 0 Å². The molecule has 0 saturated carbocycles. The predicted octanol–water partition coefficient (Wildman–Crippen LogP) is 2.75. The topological polar surface area (TPSA) is 37.8 Å². The van der Waals surface area contributed by atoms with Crippen LogP contribution in [0.3, 0.4) is 0 Å². The number of hydrogen-bond donors (Lipinski definition) is 1. The lowest BCUT2D eigenvalue weighted by Gasteiger charge is -2.06. The molecule has 0 saturated heterocycles. The van der Waals surface area contributed by atoms with E-state index in [2.05, 4.69) is 34.3 Å². The SMILES string of the molecule is CCc1nc(NC)cc(-c2ccccc2)n1. The molecule has 1 aromatic carbocycles. The lowest BCUT2D eigenvalue weighted by atomic mass is 10.1. The first-order valence-corrected chi connectivity index (χ1v) is 5.44. The Morgan fingerprint density at radius 2 is 1.88 bits per heavy atom. The zero-order valence-corrected chi connectivity index (χ0v) is 9.57. The Kier molecular flexibility index (Phi) is 3.15. The third-order valence-corrected chi connectivity index (χ3v) is 2.41. The fourth-order valence-electron chi connectivity index (χ4n) is 1.54. The predicted molar refractivity (Wildman–Crippen MR) is 66.4 cm³/mol. The molecule has 2 rings (SSSR count). The molecule has 0 fully saturated rings. The minimum Gasteiger partial charge on any atom is -0.373 e. The summed E-state index contributed by atoms with van der Waals surface area (Å²) in [7, 11) is 1.87. The summed E-state index contributed by atoms with van der Waals surface area (Å²) in [6.07, 6.45) is 0.843. The molecule has 1 aromatic heterocycles. The van der Waals surface area contributed by atoms with Gasteiger partial charge < -0.3 is 5.32 Å². The highest BCUT2D eigenvalue weighted by Gasteiger charge is 2.03. The Morgan fingerprint density at radius 1 is 1.12 bits per heavy atom. The normalized spacial score (nSPS) is 10.1. The van der Waals surface area contributed by atoms with Crippen LogP contribution in [0.15, 0.2) is 36.4 Å². The van der Waals surface area contributed by atoms with E-state index in [9.17, 15) is 0 Å². The van der Waals surface area contributed by atoms with Gasteiger partial charge in [-0.15, -0.1) is 0 Å². The number of rotatable bonds is 3. The highest BCUT2D eigenvalue weighted by atomic mass is 15.0. The van der Waals surface area contributed by atoms with Crippen LogP contribution in [-0.4, -0.2) is 17.0 Å². The number of aryl methyl sites for hydroxylation is 1. The molecule has 0 aliphatic rings. The van der Waals surface area contributed by atoms with Gasteiger partial charge in [0.05, 0.1) is 5.69 Å². The molecule has 82 valence electrons. The Labute approximate surface area is 95.6 Å². The fourth-order valence-corrected chi connectivity index (χ4v) is 1.54. The van der Waals surface area contributed by atoms with Gasteiger partial charge in [0.15, 0.2) is 0 Å². The van der Waals surface area contributed by atoms with Crippen LogP contribution in [0.1, 0.15) is 12.7 Å². The average molecular weight is 213 g/mol. The summed E-state index contributed by atoms with van der Waals surface area (Å²) in [4.78, 5) is 8.89. The van der Waals surface area contributed by atoms with Crippen LogP contribution in [0, 0.1) is 0 Å². The summed E-state index contributed by atoms with van der Waals surface area (Å²) in [5.74, 6) is 1.73. The third-order valence-electron chi connectivity index (χ3n) is 2.41. The van der Waals surface area contributed by atoms with Crippen LogP contribution in [0.25, 0.3) is 11.3 Å². The smallest absolute Gasteiger partial charge is 0.131 e. The highest BCUT2D eigenvalue weighted by Crippen LogP contribution is 2.19. The quantitative estimate of drug-likeness (QED) is 0.851. The van der Waals surface area contributed by atoms with Crippen LogP contribution in [-0.2, 0) is 6.42 Å². The minimum absolute atomic E-state index is 0.843. The molecule has 16 heavy (non-hydrogen) atoms. The summed E-state index contributed by atoms with van der Waals surface area (Å²) in [6, 6.07) is 12.1. The van der Waals surface area contributed by atoms with Gasteiger partial charge in [-0.3, -0.25) is 0 Å². The van der Waals surface area contributed by atoms with Crippen molar-refractivity contribution in [2.75, 3.05) is 12.4 Å². The lowest BCUT2D eigenvalue weighted by Crippen LogP contribution is -2.00. The van der Waals surface area contributed by atoms with Crippen molar-refractivity contribution in [1.82, 2.24) is 9.97 Å². The molecule has 0 bridgehead atoms. The van der Waals surface area contributed by atoms with E-state index in [0.29, 0.717) is 0 Å². The van der Waals surface area contributed by atoms with E-state index in [-0.39, 0.29) is 0 Å². The van der Waals surface area contributed by atoms with E-state index in [1.54, 1.807) is 0 Å². The molecule has 0 radical (unpaired) electrons. The first-order valence-electron chi connectivity index (χ1n) is 5.44. The first-order chi connectivity index (χ1) is 7.83. The number of nitrogens with one attached hydrogen (secondary N) is 1. The van der Waals surface area contributed by atoms with Gasteiger partial charge in [0.2, 0.25) is 0 Å². The van der Waals surface area contributed by atoms with E-state index >= 15 is 0 Å². The first kappa shape index (κ1) is 10.6. The van der Waals surface area contributed by atoms with Gasteiger partial charge in [0.1, 0.15) is 11.6 Å². The van der Waals surface area contributed by atoms with E-state index in [1.807, 2.05) is 31.3 Å². The van der Waals surface area contributed by atoms with E-state index in [0.717, 1.165) is 29.3 Å². The maximum atomic E-state index is 4.52. The molecule has 3 nitrogen and oxygen atoms in total. The van der Waals surface area contributed by atoms with Crippen molar-refractivity contribution < 1.29 is 0 Å². The van der Waals surface area contributed by atoms with Gasteiger partial charge in [0, 0.05) is 25.1 Å². The maximum Gasteiger partial charge on any atom is 0.131 e. The van der Waals surface area contributed by atoms with Gasteiger partial charge in [-0.1, -0.05) is 37.3 Å². The Balaban J connectivity index is 2.48. The van der Waals surface area contributed by atoms with Crippen LogP contribution >= 0.6 is 0 Å². The van der Waals surface area contributed by atoms with Crippen molar-refractivity contribution in [2.24, 2.45) is 0 Å². The summed E-state index contributed by atoms with van der Waals surface area (Å²) in [6.45, 7) is 2.06. The molecule has 0 aliphatic heterocycles. The summed E-state index contributed by atoms with van der Waals surface area (Å²) in [5, 5.41) is 3.06. The second kappa shape index (κ2) is 4.75. The van der Waals surface area contributed by atoms with Crippen molar-refractivity contribution >= 4 is 5.82 Å². The third kappa shape index (κ3) is 2.19. The summed E-state index contributed by atoms with van der Waals surface area (Å²) in [5.41, 5.74) is 2.09. The highest BCUT2D eigenvalue weighted by molar-refractivity contribution is 5.62. The van der Waals surface area contributed by atoms with Gasteiger partial charge in [-0.25, -0.2) is 9.97 Å². The second-order valence-corrected chi connectivity index (χ2v) is 3.52. The molecule has 0 atom stereocenters. The molecule has 1 N–H and O–H groups in total. The molecular weight excluding hydrogens is 198 g/mol. The van der Waals surface area contributed by atoms with Crippen molar-refractivity contribution in [3.63, 3.8) is 0 Å². The average Bonchev–Trinajstić information content (AvgIpc) is 2.39. The zero-order chi connectivity index (χ0) is 11.4. The maximum absolute atomic E-state index is 4.52. The molecule has 0 spiro atoms. The van der Waals surface area contributed by atoms with Gasteiger partial charge in [-0.05, 0) is 0 Å². The second-order valence-electron chi connectivity index (χ2n) is 3.52. The minimum atomic E-state index is 0.843. The lowest BCUT2D eigenvalue weighted by molar-refractivity contribution is 0.945. The zero-order valence-electron chi connectivity index (χ0n) is 9.57. The van der Waals surface area contributed by atoms with Crippen molar-refractivity contribution in [3.05, 3.63) is 42.2 Å². The molecule has 0 amide bonds. The van der Waals surface area contributed by atoms with Crippen molar-refractivity contribution in [3.8, 4) is 11.3 Å². The summed E-state index contributed by atoms with van der Waals surface area (Å²) >= 11 is 0. The van der Waals surface area contributed by atoms with Gasteiger partial charge >= 0.3 is 0 Å². The summed E-state index contributed by atoms with van der Waals surface area (Å²) < 4.78 is 0. The van der Waals surface area contributed by atoms with E-state index in [1.165, 1.54) is 0 Å². The number of nitrogens with zero attached hydrogens (tertiary/aromatic N) is 2. The molecule has 2 aromatic rings. The van der Waals surface area contributed by atoms with E-state index in [4.69, 9.17) is 0 Å². The van der Waals surface area contributed by atoms with Crippen LogP contribution < -0.4 is 5.32 Å². The number of aromatic nitrogens is 2. The molecule has 0 unspecified atom stereocenters. The number of benzene rings is 1. The number of hydrogen-bond acceptors (Lipinski definition) is 3. The Morgan fingerprint density at radius 3 is 2.50 bits per heavy atom. The standard InChI is InChI=1S/C13H15N3/c1-3-12-15-11(9-13(14-2)16-12)10-7-5-4-6-8-10/h4-9H,3H2,1-2H3,(H,14,15,16). The van der Waals surface area contributed by atoms with Crippen LogP contribution in [0.2, 0.25) is 0 Å². The molecule has 1 heterocycles. The molecule has 0 aliphatic carbocycles. The van der Waals surface area contributed by atoms with E-state index < -0.39 is 0 Å². The Hall–Kier alpha value is -1.90. The van der Waals surface area contributed by atoms with Crippen molar-refractivity contribution in [1.29, 1.82) is 0 Å².